The van der Waals surface area contributed by atoms with E-state index in [1.807, 2.05) is 24.0 Å². The number of amides is 1. The minimum Gasteiger partial charge on any atom is -0.336 e. The molecule has 0 bridgehead atoms. The van der Waals surface area contributed by atoms with Crippen LogP contribution in [0.5, 0.6) is 0 Å². The lowest BCUT2D eigenvalue weighted by atomic mass is 10.0. The molecule has 1 N–H and O–H groups in total. The standard InChI is InChI=1S/C15H24N2OS/c1-3-10-17(11-13-6-4-5-9-16-13)15(18)14-8-7-12(2)19-14/h7-8,13,16H,3-6,9-11H2,1-2H3. The van der Waals surface area contributed by atoms with Crippen molar-refractivity contribution >= 4 is 17.2 Å². The second kappa shape index (κ2) is 7.06. The lowest BCUT2D eigenvalue weighted by Crippen LogP contribution is -2.45. The van der Waals surface area contributed by atoms with Crippen LogP contribution in [-0.2, 0) is 0 Å². The van der Waals surface area contributed by atoms with Crippen LogP contribution in [-0.4, -0.2) is 36.5 Å². The van der Waals surface area contributed by atoms with Crippen molar-refractivity contribution in [2.75, 3.05) is 19.6 Å². The van der Waals surface area contributed by atoms with Crippen molar-refractivity contribution in [3.05, 3.63) is 21.9 Å². The smallest absolute Gasteiger partial charge is 0.263 e. The van der Waals surface area contributed by atoms with Gasteiger partial charge in [0.2, 0.25) is 0 Å². The first-order chi connectivity index (χ1) is 9.20. The molecule has 0 radical (unpaired) electrons. The molecule has 0 spiro atoms. The molecule has 1 amide bonds. The van der Waals surface area contributed by atoms with Crippen molar-refractivity contribution < 1.29 is 4.79 Å². The summed E-state index contributed by atoms with van der Waals surface area (Å²) in [6.45, 7) is 6.98. The van der Waals surface area contributed by atoms with Gasteiger partial charge in [-0.3, -0.25) is 4.79 Å². The van der Waals surface area contributed by atoms with Crippen molar-refractivity contribution in [3.8, 4) is 0 Å². The predicted molar refractivity (Wildman–Crippen MR) is 80.9 cm³/mol. The molecule has 1 aliphatic rings. The Morgan fingerprint density at radius 2 is 2.32 bits per heavy atom. The van der Waals surface area contributed by atoms with Crippen LogP contribution in [0.3, 0.4) is 0 Å². The van der Waals surface area contributed by atoms with Gasteiger partial charge in [0.25, 0.3) is 5.91 Å². The van der Waals surface area contributed by atoms with Crippen molar-refractivity contribution in [3.63, 3.8) is 0 Å². The first-order valence-corrected chi connectivity index (χ1v) is 8.11. The first kappa shape index (κ1) is 14.5. The van der Waals surface area contributed by atoms with E-state index in [-0.39, 0.29) is 5.91 Å². The molecule has 1 aliphatic heterocycles. The molecule has 0 aromatic carbocycles. The monoisotopic (exact) mass is 280 g/mol. The third kappa shape index (κ3) is 4.05. The summed E-state index contributed by atoms with van der Waals surface area (Å²) in [5.74, 6) is 0.201. The van der Waals surface area contributed by atoms with E-state index < -0.39 is 0 Å². The van der Waals surface area contributed by atoms with E-state index in [0.29, 0.717) is 6.04 Å². The highest BCUT2D eigenvalue weighted by molar-refractivity contribution is 7.13. The maximum absolute atomic E-state index is 12.5. The Morgan fingerprint density at radius 3 is 2.89 bits per heavy atom. The van der Waals surface area contributed by atoms with E-state index in [2.05, 4.69) is 12.2 Å². The molecule has 0 saturated carbocycles. The second-order valence-electron chi connectivity index (χ2n) is 5.31. The third-order valence-corrected chi connectivity index (χ3v) is 4.57. The lowest BCUT2D eigenvalue weighted by molar-refractivity contribution is 0.0736. The number of aryl methyl sites for hydroxylation is 1. The summed E-state index contributed by atoms with van der Waals surface area (Å²) in [5.41, 5.74) is 0. The quantitative estimate of drug-likeness (QED) is 0.899. The highest BCUT2D eigenvalue weighted by Gasteiger charge is 2.21. The highest BCUT2D eigenvalue weighted by atomic mass is 32.1. The van der Waals surface area contributed by atoms with E-state index in [1.165, 1.54) is 24.1 Å². The van der Waals surface area contributed by atoms with Gasteiger partial charge >= 0.3 is 0 Å². The van der Waals surface area contributed by atoms with Crippen LogP contribution in [0, 0.1) is 6.92 Å². The SMILES string of the molecule is CCCN(CC1CCCCN1)C(=O)c1ccc(C)s1. The van der Waals surface area contributed by atoms with E-state index in [1.54, 1.807) is 11.3 Å². The van der Waals surface area contributed by atoms with Crippen LogP contribution < -0.4 is 5.32 Å². The molecule has 3 nitrogen and oxygen atoms in total. The van der Waals surface area contributed by atoms with Gasteiger partial charge in [-0.25, -0.2) is 0 Å². The van der Waals surface area contributed by atoms with Crippen molar-refractivity contribution in [2.45, 2.75) is 45.6 Å². The maximum Gasteiger partial charge on any atom is 0.263 e. The molecule has 1 fully saturated rings. The molecule has 1 aromatic heterocycles. The highest BCUT2D eigenvalue weighted by Crippen LogP contribution is 2.18. The zero-order valence-electron chi connectivity index (χ0n) is 11.9. The zero-order chi connectivity index (χ0) is 13.7. The molecular formula is C15H24N2OS. The van der Waals surface area contributed by atoms with E-state index in [4.69, 9.17) is 0 Å². The maximum atomic E-state index is 12.5. The molecule has 1 aromatic rings. The number of hydrogen-bond acceptors (Lipinski definition) is 3. The summed E-state index contributed by atoms with van der Waals surface area (Å²) < 4.78 is 0. The molecular weight excluding hydrogens is 256 g/mol. The fraction of sp³-hybridized carbons (Fsp3) is 0.667. The van der Waals surface area contributed by atoms with Gasteiger partial charge in [0.1, 0.15) is 0 Å². The minimum absolute atomic E-state index is 0.201. The molecule has 19 heavy (non-hydrogen) atoms. The van der Waals surface area contributed by atoms with E-state index in [9.17, 15) is 4.79 Å². The van der Waals surface area contributed by atoms with Crippen LogP contribution in [0.4, 0.5) is 0 Å². The molecule has 0 aliphatic carbocycles. The zero-order valence-corrected chi connectivity index (χ0v) is 12.8. The summed E-state index contributed by atoms with van der Waals surface area (Å²) in [6.07, 6.45) is 4.76. The summed E-state index contributed by atoms with van der Waals surface area (Å²) in [7, 11) is 0. The van der Waals surface area contributed by atoms with Gasteiger partial charge in [0.05, 0.1) is 4.88 Å². The number of carbonyl (C=O) groups excluding carboxylic acids is 1. The Balaban J connectivity index is 1.99. The van der Waals surface area contributed by atoms with Crippen LogP contribution >= 0.6 is 11.3 Å². The van der Waals surface area contributed by atoms with E-state index >= 15 is 0 Å². The fourth-order valence-corrected chi connectivity index (χ4v) is 3.43. The molecule has 1 saturated heterocycles. The Labute approximate surface area is 120 Å². The normalized spacial score (nSPS) is 19.4. The van der Waals surface area contributed by atoms with Gasteiger partial charge in [-0.1, -0.05) is 13.3 Å². The number of hydrogen-bond donors (Lipinski definition) is 1. The number of carbonyl (C=O) groups is 1. The Bertz CT molecular complexity index is 410. The van der Waals surface area contributed by atoms with Gasteiger partial charge in [-0.2, -0.15) is 0 Å². The first-order valence-electron chi connectivity index (χ1n) is 7.29. The van der Waals surface area contributed by atoms with Gasteiger partial charge in [-0.15, -0.1) is 11.3 Å². The number of piperidine rings is 1. The number of nitrogens with one attached hydrogen (secondary N) is 1. The van der Waals surface area contributed by atoms with Gasteiger partial charge in [-0.05, 0) is 44.9 Å². The topological polar surface area (TPSA) is 32.3 Å². The van der Waals surface area contributed by atoms with Gasteiger partial charge in [0, 0.05) is 24.0 Å². The average molecular weight is 280 g/mol. The summed E-state index contributed by atoms with van der Waals surface area (Å²) in [4.78, 5) is 16.6. The van der Waals surface area contributed by atoms with Crippen molar-refractivity contribution in [1.29, 1.82) is 0 Å². The molecule has 1 unspecified atom stereocenters. The Kier molecular flexibility index (Phi) is 5.40. The van der Waals surface area contributed by atoms with Crippen LogP contribution in [0.2, 0.25) is 0 Å². The minimum atomic E-state index is 0.201. The van der Waals surface area contributed by atoms with Gasteiger partial charge < -0.3 is 10.2 Å². The van der Waals surface area contributed by atoms with E-state index in [0.717, 1.165) is 30.9 Å². The van der Waals surface area contributed by atoms with Crippen LogP contribution in [0.25, 0.3) is 0 Å². The van der Waals surface area contributed by atoms with Crippen LogP contribution in [0.1, 0.15) is 47.2 Å². The fourth-order valence-electron chi connectivity index (χ4n) is 2.60. The second-order valence-corrected chi connectivity index (χ2v) is 6.60. The molecule has 106 valence electrons. The Morgan fingerprint density at radius 1 is 1.47 bits per heavy atom. The van der Waals surface area contributed by atoms with Crippen molar-refractivity contribution in [2.24, 2.45) is 0 Å². The lowest BCUT2D eigenvalue weighted by Gasteiger charge is -2.30. The molecule has 4 heteroatoms. The number of rotatable bonds is 5. The predicted octanol–water partition coefficient (Wildman–Crippen LogP) is 3.05. The number of nitrogens with zero attached hydrogens (tertiary/aromatic N) is 1. The summed E-state index contributed by atoms with van der Waals surface area (Å²) in [6, 6.07) is 4.46. The molecule has 2 rings (SSSR count). The largest absolute Gasteiger partial charge is 0.336 e. The summed E-state index contributed by atoms with van der Waals surface area (Å²) >= 11 is 1.60. The molecule has 1 atom stereocenters. The van der Waals surface area contributed by atoms with Gasteiger partial charge in [0.15, 0.2) is 0 Å². The van der Waals surface area contributed by atoms with Crippen LogP contribution in [0.15, 0.2) is 12.1 Å². The Hall–Kier alpha value is -0.870. The average Bonchev–Trinajstić information content (AvgIpc) is 2.85. The van der Waals surface area contributed by atoms with Crippen molar-refractivity contribution in [1.82, 2.24) is 10.2 Å². The molecule has 2 heterocycles. The number of thiophene rings is 1. The summed E-state index contributed by atoms with van der Waals surface area (Å²) in [5, 5.41) is 3.53. The third-order valence-electron chi connectivity index (χ3n) is 3.59.